The van der Waals surface area contributed by atoms with Gasteiger partial charge in [-0.25, -0.2) is 22.0 Å². The maximum Gasteiger partial charge on any atom is 0.145 e. The summed E-state index contributed by atoms with van der Waals surface area (Å²) in [6.07, 6.45) is 1.55. The molecule has 0 spiro atoms. The van der Waals surface area contributed by atoms with Crippen molar-refractivity contribution in [3.05, 3.63) is 105 Å². The van der Waals surface area contributed by atoms with Crippen LogP contribution in [0.15, 0.2) is 54.6 Å². The van der Waals surface area contributed by atoms with Gasteiger partial charge in [0.15, 0.2) is 0 Å². The van der Waals surface area contributed by atoms with Crippen molar-refractivity contribution >= 4 is 22.4 Å². The molecule has 35 heavy (non-hydrogen) atoms. The minimum Gasteiger partial charge on any atom is -0.385 e. The van der Waals surface area contributed by atoms with Gasteiger partial charge in [0.25, 0.3) is 0 Å². The number of fused-ring (bicyclic) bond motifs is 1. The molecule has 4 rings (SSSR count). The van der Waals surface area contributed by atoms with E-state index in [4.69, 9.17) is 16.3 Å². The summed E-state index contributed by atoms with van der Waals surface area (Å²) >= 11 is 5.51. The first-order valence-corrected chi connectivity index (χ1v) is 11.5. The fraction of sp³-hybridized carbons (Fsp3) is 0.214. The highest BCUT2D eigenvalue weighted by Gasteiger charge is 2.16. The van der Waals surface area contributed by atoms with Gasteiger partial charge < -0.3 is 4.74 Å². The molecule has 0 aliphatic carbocycles. The van der Waals surface area contributed by atoms with E-state index in [2.05, 4.69) is 0 Å². The van der Waals surface area contributed by atoms with Crippen LogP contribution in [0.3, 0.4) is 0 Å². The highest BCUT2D eigenvalue weighted by Crippen LogP contribution is 2.32. The van der Waals surface area contributed by atoms with Crippen LogP contribution in [0.25, 0.3) is 21.9 Å². The van der Waals surface area contributed by atoms with Crippen LogP contribution in [0.1, 0.15) is 23.1 Å². The second kappa shape index (κ2) is 10.8. The lowest BCUT2D eigenvalue weighted by atomic mass is 9.96. The minimum absolute atomic E-state index is 0.168. The lowest BCUT2D eigenvalue weighted by molar-refractivity contribution is 0.195. The number of hydrogen-bond acceptors (Lipinski definition) is 1. The Hall–Kier alpha value is -2.96. The summed E-state index contributed by atoms with van der Waals surface area (Å²) in [5, 5.41) is 0.196. The number of rotatable bonds is 8. The van der Waals surface area contributed by atoms with E-state index >= 15 is 4.39 Å². The van der Waals surface area contributed by atoms with Crippen molar-refractivity contribution in [2.45, 2.75) is 25.7 Å². The zero-order valence-corrected chi connectivity index (χ0v) is 19.7. The van der Waals surface area contributed by atoms with E-state index in [9.17, 15) is 17.6 Å². The smallest absolute Gasteiger partial charge is 0.145 e. The quantitative estimate of drug-likeness (QED) is 0.133. The Morgan fingerprint density at radius 3 is 2.00 bits per heavy atom. The van der Waals surface area contributed by atoms with E-state index in [0.717, 1.165) is 12.1 Å². The zero-order chi connectivity index (χ0) is 25.1. The van der Waals surface area contributed by atoms with Crippen molar-refractivity contribution in [2.75, 3.05) is 13.7 Å². The SMILES string of the molecule is COCCCc1cc(F)c(-c2ccc3c(F)c(CCc4cc(F)c(Cl)c(F)c4)ccc3c2)c(F)c1. The molecule has 0 unspecified atom stereocenters. The van der Waals surface area contributed by atoms with Crippen LogP contribution in [0.4, 0.5) is 22.0 Å². The van der Waals surface area contributed by atoms with Gasteiger partial charge in [0, 0.05) is 19.1 Å². The van der Waals surface area contributed by atoms with Crippen LogP contribution in [0.5, 0.6) is 0 Å². The minimum atomic E-state index is -0.865. The van der Waals surface area contributed by atoms with Gasteiger partial charge in [-0.2, -0.15) is 0 Å². The summed E-state index contributed by atoms with van der Waals surface area (Å²) in [6.45, 7) is 0.497. The summed E-state index contributed by atoms with van der Waals surface area (Å²) < 4.78 is 77.1. The molecule has 0 radical (unpaired) electrons. The molecule has 0 aliphatic rings. The van der Waals surface area contributed by atoms with Crippen LogP contribution in [0.2, 0.25) is 5.02 Å². The summed E-state index contributed by atoms with van der Waals surface area (Å²) in [5.41, 5.74) is 1.39. The largest absolute Gasteiger partial charge is 0.385 e. The first-order chi connectivity index (χ1) is 16.8. The number of benzene rings is 4. The van der Waals surface area contributed by atoms with Gasteiger partial charge in [-0.3, -0.25) is 0 Å². The third-order valence-electron chi connectivity index (χ3n) is 5.97. The van der Waals surface area contributed by atoms with Gasteiger partial charge >= 0.3 is 0 Å². The molecule has 0 bridgehead atoms. The molecule has 7 heteroatoms. The Bertz CT molecular complexity index is 1340. The van der Waals surface area contributed by atoms with Gasteiger partial charge in [-0.15, -0.1) is 0 Å². The van der Waals surface area contributed by atoms with Crippen LogP contribution in [0, 0.1) is 29.1 Å². The van der Waals surface area contributed by atoms with E-state index in [1.165, 1.54) is 30.3 Å². The van der Waals surface area contributed by atoms with Crippen molar-refractivity contribution < 1.29 is 26.7 Å². The number of methoxy groups -OCH3 is 1. The van der Waals surface area contributed by atoms with Gasteiger partial charge in [-0.1, -0.05) is 35.9 Å². The first-order valence-electron chi connectivity index (χ1n) is 11.1. The molecule has 0 saturated carbocycles. The molecular formula is C28H22ClF5O. The van der Waals surface area contributed by atoms with Gasteiger partial charge in [0.2, 0.25) is 0 Å². The Morgan fingerprint density at radius 1 is 0.714 bits per heavy atom. The normalized spacial score (nSPS) is 11.4. The Balaban J connectivity index is 1.59. The van der Waals surface area contributed by atoms with Crippen molar-refractivity contribution in [1.82, 2.24) is 0 Å². The molecular weight excluding hydrogens is 483 g/mol. The summed E-state index contributed by atoms with van der Waals surface area (Å²) in [5.74, 6) is -3.59. The average Bonchev–Trinajstić information content (AvgIpc) is 2.82. The molecule has 1 nitrogen and oxygen atoms in total. The lowest BCUT2D eigenvalue weighted by Gasteiger charge is -2.11. The van der Waals surface area contributed by atoms with Crippen LogP contribution in [-0.4, -0.2) is 13.7 Å². The van der Waals surface area contributed by atoms with Gasteiger partial charge in [0.1, 0.15) is 34.1 Å². The van der Waals surface area contributed by atoms with Crippen LogP contribution < -0.4 is 0 Å². The lowest BCUT2D eigenvalue weighted by Crippen LogP contribution is -1.99. The highest BCUT2D eigenvalue weighted by molar-refractivity contribution is 6.30. The average molecular weight is 505 g/mol. The topological polar surface area (TPSA) is 9.23 Å². The Morgan fingerprint density at radius 2 is 1.34 bits per heavy atom. The number of ether oxygens (including phenoxy) is 1. The molecule has 0 atom stereocenters. The predicted octanol–water partition coefficient (Wildman–Crippen LogP) is 8.22. The number of aryl methyl sites for hydroxylation is 3. The standard InChI is InChI=1S/C28H22ClF5O/c1-35-10-2-3-16-11-22(30)26(23(31)12-16)20-8-9-21-19(15-20)7-6-18(28(21)34)5-4-17-13-24(32)27(29)25(33)14-17/h6-9,11-15H,2-5,10H2,1H3. The van der Waals surface area contributed by atoms with Crippen LogP contribution >= 0.6 is 11.6 Å². The second-order valence-corrected chi connectivity index (χ2v) is 8.76. The third-order valence-corrected chi connectivity index (χ3v) is 6.33. The maximum atomic E-state index is 15.2. The Kier molecular flexibility index (Phi) is 7.72. The number of halogens is 6. The summed E-state index contributed by atoms with van der Waals surface area (Å²) in [6, 6.07) is 12.6. The fourth-order valence-electron chi connectivity index (χ4n) is 4.18. The summed E-state index contributed by atoms with van der Waals surface area (Å²) in [7, 11) is 1.57. The van der Waals surface area contributed by atoms with E-state index < -0.39 is 34.1 Å². The summed E-state index contributed by atoms with van der Waals surface area (Å²) in [4.78, 5) is 0. The van der Waals surface area contributed by atoms with Gasteiger partial charge in [0.05, 0.1) is 5.56 Å². The Labute approximate surface area is 205 Å². The van der Waals surface area contributed by atoms with Crippen molar-refractivity contribution in [3.63, 3.8) is 0 Å². The molecule has 0 aromatic heterocycles. The first kappa shape index (κ1) is 25.1. The van der Waals surface area contributed by atoms with Crippen LogP contribution in [-0.2, 0) is 24.0 Å². The molecule has 0 heterocycles. The predicted molar refractivity (Wildman–Crippen MR) is 128 cm³/mol. The third kappa shape index (κ3) is 5.49. The molecule has 182 valence electrons. The molecule has 0 amide bonds. The molecule has 0 N–H and O–H groups in total. The maximum absolute atomic E-state index is 15.2. The van der Waals surface area contributed by atoms with Crippen molar-refractivity contribution in [1.29, 1.82) is 0 Å². The van der Waals surface area contributed by atoms with E-state index in [1.807, 2.05) is 0 Å². The van der Waals surface area contributed by atoms with Crippen molar-refractivity contribution in [2.24, 2.45) is 0 Å². The van der Waals surface area contributed by atoms with E-state index in [-0.39, 0.29) is 23.8 Å². The van der Waals surface area contributed by atoms with E-state index in [1.54, 1.807) is 19.2 Å². The fourth-order valence-corrected chi connectivity index (χ4v) is 4.29. The van der Waals surface area contributed by atoms with Gasteiger partial charge in [-0.05, 0) is 83.7 Å². The van der Waals surface area contributed by atoms with E-state index in [0.29, 0.717) is 47.1 Å². The molecule has 0 saturated heterocycles. The molecule has 4 aromatic rings. The molecule has 0 fully saturated rings. The molecule has 4 aromatic carbocycles. The zero-order valence-electron chi connectivity index (χ0n) is 18.9. The monoisotopic (exact) mass is 504 g/mol. The van der Waals surface area contributed by atoms with Crippen molar-refractivity contribution in [3.8, 4) is 11.1 Å². The second-order valence-electron chi connectivity index (χ2n) is 8.38. The number of hydrogen-bond donors (Lipinski definition) is 0. The molecule has 0 aliphatic heterocycles. The highest BCUT2D eigenvalue weighted by atomic mass is 35.5.